The Hall–Kier alpha value is -0.950. The van der Waals surface area contributed by atoms with Gasteiger partial charge in [-0.05, 0) is 6.07 Å². The lowest BCUT2D eigenvalue weighted by Gasteiger charge is -2.07. The lowest BCUT2D eigenvalue weighted by Crippen LogP contribution is -2.15. The molecule has 0 aliphatic carbocycles. The molecule has 6 heteroatoms. The Balaban J connectivity index is 1.97. The van der Waals surface area contributed by atoms with Crippen LogP contribution in [0, 0.1) is 0 Å². The van der Waals surface area contributed by atoms with Crippen molar-refractivity contribution in [2.45, 2.75) is 13.1 Å². The second-order valence-electron chi connectivity index (χ2n) is 3.47. The van der Waals surface area contributed by atoms with Crippen molar-refractivity contribution < 1.29 is 14.2 Å². The molecule has 0 unspecified atom stereocenters. The van der Waals surface area contributed by atoms with Crippen LogP contribution in [0.2, 0.25) is 0 Å². The van der Waals surface area contributed by atoms with Crippen LogP contribution in [0.15, 0.2) is 12.3 Å². The first-order valence-corrected chi connectivity index (χ1v) is 5.73. The summed E-state index contributed by atoms with van der Waals surface area (Å²) in [5.74, 6) is 0. The third-order valence-corrected chi connectivity index (χ3v) is 2.26. The first-order chi connectivity index (χ1) is 8.38. The predicted molar refractivity (Wildman–Crippen MR) is 63.6 cm³/mol. The van der Waals surface area contributed by atoms with E-state index in [1.807, 2.05) is 10.7 Å². The number of hydrogen-bond donors (Lipinski definition) is 1. The highest BCUT2D eigenvalue weighted by molar-refractivity contribution is 4.99. The zero-order chi connectivity index (χ0) is 12.3. The predicted octanol–water partition coefficient (Wildman–Crippen LogP) is 0.0214. The molecule has 0 aliphatic rings. The lowest BCUT2D eigenvalue weighted by atomic mass is 10.4. The highest BCUT2D eigenvalue weighted by Crippen LogP contribution is 1.96. The van der Waals surface area contributed by atoms with Crippen LogP contribution in [0.5, 0.6) is 0 Å². The van der Waals surface area contributed by atoms with Crippen LogP contribution in [0.25, 0.3) is 0 Å². The van der Waals surface area contributed by atoms with E-state index in [9.17, 15) is 0 Å². The number of rotatable bonds is 10. The molecule has 1 rings (SSSR count). The van der Waals surface area contributed by atoms with Crippen LogP contribution in [0.3, 0.4) is 0 Å². The zero-order valence-electron chi connectivity index (χ0n) is 10.3. The largest absolute Gasteiger partial charge is 0.382 e. The Morgan fingerprint density at radius 2 is 1.88 bits per heavy atom. The Morgan fingerprint density at radius 1 is 1.18 bits per heavy atom. The first kappa shape index (κ1) is 14.1. The van der Waals surface area contributed by atoms with Gasteiger partial charge in [-0.3, -0.25) is 4.68 Å². The maximum Gasteiger partial charge on any atom is 0.0701 e. The van der Waals surface area contributed by atoms with Crippen molar-refractivity contribution in [3.05, 3.63) is 18.0 Å². The molecule has 0 radical (unpaired) electrons. The summed E-state index contributed by atoms with van der Waals surface area (Å²) in [6, 6.07) is 1.91. The summed E-state index contributed by atoms with van der Waals surface area (Å²) < 4.78 is 17.4. The third-order valence-electron chi connectivity index (χ3n) is 2.26. The number of hydrogen-bond acceptors (Lipinski definition) is 5. The average Bonchev–Trinajstić information content (AvgIpc) is 2.80. The number of aromatic nitrogens is 2. The summed E-state index contributed by atoms with van der Waals surface area (Å²) in [6.07, 6.45) is 1.75. The minimum Gasteiger partial charge on any atom is -0.382 e. The molecule has 1 aromatic heterocycles. The van der Waals surface area contributed by atoms with Gasteiger partial charge < -0.3 is 19.9 Å². The summed E-state index contributed by atoms with van der Waals surface area (Å²) in [7, 11) is 1.65. The molecule has 0 saturated heterocycles. The minimum atomic E-state index is 0.500. The van der Waals surface area contributed by atoms with Crippen molar-refractivity contribution in [2.75, 3.05) is 40.1 Å². The summed E-state index contributed by atoms with van der Waals surface area (Å²) in [5, 5.41) is 4.15. The van der Waals surface area contributed by atoms with Crippen molar-refractivity contribution in [3.63, 3.8) is 0 Å². The van der Waals surface area contributed by atoms with Crippen molar-refractivity contribution in [3.8, 4) is 0 Å². The molecule has 6 nitrogen and oxygen atoms in total. The quantitative estimate of drug-likeness (QED) is 0.587. The van der Waals surface area contributed by atoms with Gasteiger partial charge in [-0.15, -0.1) is 0 Å². The molecular weight excluding hydrogens is 222 g/mol. The van der Waals surface area contributed by atoms with E-state index >= 15 is 0 Å². The van der Waals surface area contributed by atoms with E-state index in [0.29, 0.717) is 39.6 Å². The Bertz CT molecular complexity index is 291. The Kier molecular flexibility index (Phi) is 7.57. The van der Waals surface area contributed by atoms with E-state index in [1.54, 1.807) is 13.3 Å². The van der Waals surface area contributed by atoms with Crippen molar-refractivity contribution in [2.24, 2.45) is 5.73 Å². The summed E-state index contributed by atoms with van der Waals surface area (Å²) in [6.45, 7) is 4.23. The van der Waals surface area contributed by atoms with Crippen molar-refractivity contribution >= 4 is 0 Å². The molecular formula is C11H21N3O3. The van der Waals surface area contributed by atoms with Gasteiger partial charge in [-0.1, -0.05) is 0 Å². The van der Waals surface area contributed by atoms with Gasteiger partial charge in [0.2, 0.25) is 0 Å². The van der Waals surface area contributed by atoms with Gasteiger partial charge >= 0.3 is 0 Å². The molecule has 0 amide bonds. The van der Waals surface area contributed by atoms with Gasteiger partial charge in [0.05, 0.1) is 45.3 Å². The van der Waals surface area contributed by atoms with E-state index in [4.69, 9.17) is 19.9 Å². The molecule has 0 aromatic carbocycles. The van der Waals surface area contributed by atoms with E-state index in [-0.39, 0.29) is 0 Å². The third kappa shape index (κ3) is 5.78. The molecule has 1 heterocycles. The molecule has 0 bridgehead atoms. The molecule has 0 atom stereocenters. The van der Waals surface area contributed by atoms with Crippen LogP contribution < -0.4 is 5.73 Å². The van der Waals surface area contributed by atoms with E-state index < -0.39 is 0 Å². The fraction of sp³-hybridized carbons (Fsp3) is 0.727. The van der Waals surface area contributed by atoms with E-state index in [1.165, 1.54) is 0 Å². The van der Waals surface area contributed by atoms with E-state index in [2.05, 4.69) is 5.10 Å². The minimum absolute atomic E-state index is 0.500. The Morgan fingerprint density at radius 3 is 2.59 bits per heavy atom. The highest BCUT2D eigenvalue weighted by atomic mass is 16.5. The maximum atomic E-state index is 5.56. The molecule has 98 valence electrons. The number of ether oxygens (including phenoxy) is 3. The number of nitrogens with two attached hydrogens (primary N) is 1. The molecule has 0 fully saturated rings. The maximum absolute atomic E-state index is 5.56. The number of methoxy groups -OCH3 is 1. The van der Waals surface area contributed by atoms with Crippen LogP contribution in [-0.4, -0.2) is 49.9 Å². The smallest absolute Gasteiger partial charge is 0.0701 e. The highest BCUT2D eigenvalue weighted by Gasteiger charge is 1.99. The Labute approximate surface area is 102 Å². The fourth-order valence-corrected chi connectivity index (χ4v) is 1.35. The van der Waals surface area contributed by atoms with Crippen molar-refractivity contribution in [1.82, 2.24) is 9.78 Å². The SMILES string of the molecule is COCCOCCOCCn1nccc1CN. The van der Waals surface area contributed by atoms with Gasteiger partial charge in [-0.2, -0.15) is 5.10 Å². The van der Waals surface area contributed by atoms with Gasteiger partial charge in [0, 0.05) is 19.9 Å². The summed E-state index contributed by atoms with van der Waals surface area (Å²) in [4.78, 5) is 0. The topological polar surface area (TPSA) is 71.5 Å². The number of nitrogens with zero attached hydrogens (tertiary/aromatic N) is 2. The second kappa shape index (κ2) is 9.12. The van der Waals surface area contributed by atoms with Crippen LogP contribution in [-0.2, 0) is 27.3 Å². The molecule has 17 heavy (non-hydrogen) atoms. The van der Waals surface area contributed by atoms with Crippen LogP contribution in [0.4, 0.5) is 0 Å². The second-order valence-corrected chi connectivity index (χ2v) is 3.47. The van der Waals surface area contributed by atoms with Gasteiger partial charge in [0.1, 0.15) is 0 Å². The molecule has 1 aromatic rings. The van der Waals surface area contributed by atoms with Gasteiger partial charge in [-0.25, -0.2) is 0 Å². The molecule has 0 saturated carbocycles. The molecule has 0 spiro atoms. The van der Waals surface area contributed by atoms with Crippen LogP contribution in [0.1, 0.15) is 5.69 Å². The van der Waals surface area contributed by atoms with Gasteiger partial charge in [0.25, 0.3) is 0 Å². The fourth-order valence-electron chi connectivity index (χ4n) is 1.35. The average molecular weight is 243 g/mol. The zero-order valence-corrected chi connectivity index (χ0v) is 10.3. The monoisotopic (exact) mass is 243 g/mol. The summed E-state index contributed by atoms with van der Waals surface area (Å²) >= 11 is 0. The summed E-state index contributed by atoms with van der Waals surface area (Å²) in [5.41, 5.74) is 6.58. The normalized spacial score (nSPS) is 10.9. The first-order valence-electron chi connectivity index (χ1n) is 5.73. The standard InChI is InChI=1S/C11H21N3O3/c1-15-6-7-17-9-8-16-5-4-14-11(10-12)2-3-13-14/h2-3H,4-10,12H2,1H3. The molecule has 2 N–H and O–H groups in total. The van der Waals surface area contributed by atoms with Crippen LogP contribution >= 0.6 is 0 Å². The molecule has 0 aliphatic heterocycles. The van der Waals surface area contributed by atoms with Gasteiger partial charge in [0.15, 0.2) is 0 Å². The van der Waals surface area contributed by atoms with E-state index in [0.717, 1.165) is 12.2 Å². The lowest BCUT2D eigenvalue weighted by molar-refractivity contribution is 0.0224. The van der Waals surface area contributed by atoms with Crippen molar-refractivity contribution in [1.29, 1.82) is 0 Å².